The number of amides is 1. The second kappa shape index (κ2) is 6.28. The minimum atomic E-state index is -0.865. The van der Waals surface area contributed by atoms with E-state index in [1.165, 1.54) is 18.2 Å². The van der Waals surface area contributed by atoms with Crippen LogP contribution < -0.4 is 5.48 Å². The topological polar surface area (TPSA) is 69.6 Å². The van der Waals surface area contributed by atoms with E-state index in [0.29, 0.717) is 17.4 Å². The van der Waals surface area contributed by atoms with Gasteiger partial charge in [-0.2, -0.15) is 0 Å². The lowest BCUT2D eigenvalue weighted by atomic mass is 10.2. The molecule has 0 saturated heterocycles. The van der Waals surface area contributed by atoms with Crippen LogP contribution in [0.3, 0.4) is 0 Å². The van der Waals surface area contributed by atoms with Gasteiger partial charge in [-0.05, 0) is 52.0 Å². The Hall–Kier alpha value is -2.57. The highest BCUT2D eigenvalue weighted by molar-refractivity contribution is 5.96. The molecule has 0 bridgehead atoms. The molecule has 0 fully saturated rings. The van der Waals surface area contributed by atoms with E-state index in [0.717, 1.165) is 0 Å². The molecule has 0 atom stereocenters. The fraction of sp³-hybridized carbons (Fsp3) is 0.375. The molecule has 1 amide bonds. The SMILES string of the molecule is CCn1c(C(=O)ONC(=O)OC(C)(C)C)cc2cc(F)ccc21. The number of hydroxylamine groups is 1. The largest absolute Gasteiger partial charge is 0.442 e. The molecular weight excluding hydrogens is 303 g/mol. The Labute approximate surface area is 133 Å². The zero-order valence-corrected chi connectivity index (χ0v) is 13.5. The van der Waals surface area contributed by atoms with Gasteiger partial charge in [0.25, 0.3) is 0 Å². The number of nitrogens with zero attached hydrogens (tertiary/aromatic N) is 1. The molecule has 124 valence electrons. The molecule has 0 aliphatic rings. The number of carbonyl (C=O) groups excluding carboxylic acids is 2. The van der Waals surface area contributed by atoms with E-state index in [-0.39, 0.29) is 5.69 Å². The molecule has 0 spiro atoms. The van der Waals surface area contributed by atoms with Gasteiger partial charge in [-0.15, -0.1) is 5.48 Å². The van der Waals surface area contributed by atoms with Crippen LogP contribution in [-0.2, 0) is 16.1 Å². The number of carbonyl (C=O) groups is 2. The standard InChI is InChI=1S/C16H19FN2O4/c1-5-19-12-7-6-11(17)8-10(12)9-13(19)14(20)23-18-15(21)22-16(2,3)4/h6-9H,5H2,1-4H3,(H,18,21). The van der Waals surface area contributed by atoms with Crippen molar-refractivity contribution in [2.24, 2.45) is 0 Å². The number of nitrogens with one attached hydrogen (secondary N) is 1. The second-order valence-electron chi connectivity index (χ2n) is 5.97. The summed E-state index contributed by atoms with van der Waals surface area (Å²) in [5.41, 5.74) is 2.16. The van der Waals surface area contributed by atoms with Crippen LogP contribution in [0.5, 0.6) is 0 Å². The van der Waals surface area contributed by atoms with Crippen LogP contribution in [0.2, 0.25) is 0 Å². The second-order valence-corrected chi connectivity index (χ2v) is 5.97. The number of rotatable bonds is 2. The fourth-order valence-corrected chi connectivity index (χ4v) is 2.19. The molecule has 1 aromatic heterocycles. The van der Waals surface area contributed by atoms with Gasteiger partial charge in [0, 0.05) is 17.4 Å². The maximum absolute atomic E-state index is 13.3. The highest BCUT2D eigenvalue weighted by Gasteiger charge is 2.20. The zero-order valence-electron chi connectivity index (χ0n) is 13.5. The predicted molar refractivity (Wildman–Crippen MR) is 82.4 cm³/mol. The summed E-state index contributed by atoms with van der Waals surface area (Å²) in [6.45, 7) is 7.42. The van der Waals surface area contributed by atoms with E-state index in [1.54, 1.807) is 31.4 Å². The Morgan fingerprint density at radius 1 is 1.26 bits per heavy atom. The van der Waals surface area contributed by atoms with Crippen molar-refractivity contribution in [3.63, 3.8) is 0 Å². The molecule has 23 heavy (non-hydrogen) atoms. The summed E-state index contributed by atoms with van der Waals surface area (Å²) in [6.07, 6.45) is -0.865. The van der Waals surface area contributed by atoms with Gasteiger partial charge in [-0.1, -0.05) is 0 Å². The highest BCUT2D eigenvalue weighted by Crippen LogP contribution is 2.21. The van der Waals surface area contributed by atoms with E-state index >= 15 is 0 Å². The van der Waals surface area contributed by atoms with E-state index in [9.17, 15) is 14.0 Å². The monoisotopic (exact) mass is 322 g/mol. The number of fused-ring (bicyclic) bond motifs is 1. The number of benzene rings is 1. The maximum Gasteiger partial charge on any atom is 0.441 e. The summed E-state index contributed by atoms with van der Waals surface area (Å²) < 4.78 is 19.9. The van der Waals surface area contributed by atoms with Gasteiger partial charge in [0.05, 0.1) is 0 Å². The Morgan fingerprint density at radius 2 is 1.96 bits per heavy atom. The number of aromatic nitrogens is 1. The highest BCUT2D eigenvalue weighted by atomic mass is 19.1. The van der Waals surface area contributed by atoms with Gasteiger partial charge in [-0.3, -0.25) is 0 Å². The van der Waals surface area contributed by atoms with Crippen LogP contribution in [-0.4, -0.2) is 22.2 Å². The molecule has 2 aromatic rings. The maximum atomic E-state index is 13.3. The molecule has 0 aliphatic heterocycles. The molecule has 2 rings (SSSR count). The summed E-state index contributed by atoms with van der Waals surface area (Å²) in [6, 6.07) is 5.76. The van der Waals surface area contributed by atoms with Crippen molar-refractivity contribution in [3.8, 4) is 0 Å². The van der Waals surface area contributed by atoms with Gasteiger partial charge in [-0.25, -0.2) is 14.0 Å². The third-order valence-electron chi connectivity index (χ3n) is 3.01. The van der Waals surface area contributed by atoms with Crippen molar-refractivity contribution >= 4 is 23.0 Å². The molecule has 0 radical (unpaired) electrons. The Morgan fingerprint density at radius 3 is 2.57 bits per heavy atom. The molecule has 1 heterocycles. The molecule has 7 heteroatoms. The first-order valence-electron chi connectivity index (χ1n) is 7.20. The van der Waals surface area contributed by atoms with Crippen LogP contribution >= 0.6 is 0 Å². The average Bonchev–Trinajstić information content (AvgIpc) is 2.80. The summed E-state index contributed by atoms with van der Waals surface area (Å²) >= 11 is 0. The van der Waals surface area contributed by atoms with Gasteiger partial charge < -0.3 is 14.1 Å². The predicted octanol–water partition coefficient (Wildman–Crippen LogP) is 3.40. The van der Waals surface area contributed by atoms with Crippen LogP contribution in [0, 0.1) is 5.82 Å². The smallest absolute Gasteiger partial charge is 0.441 e. The normalized spacial score (nSPS) is 11.3. The number of hydrogen-bond acceptors (Lipinski definition) is 4. The fourth-order valence-electron chi connectivity index (χ4n) is 2.19. The molecule has 1 aromatic carbocycles. The van der Waals surface area contributed by atoms with Crippen LogP contribution in [0.15, 0.2) is 24.3 Å². The van der Waals surface area contributed by atoms with Crippen LogP contribution in [0.25, 0.3) is 10.9 Å². The summed E-state index contributed by atoms with van der Waals surface area (Å²) in [4.78, 5) is 28.4. The number of hydrogen-bond donors (Lipinski definition) is 1. The molecular formula is C16H19FN2O4. The van der Waals surface area contributed by atoms with Crippen molar-refractivity contribution in [2.75, 3.05) is 0 Å². The lowest BCUT2D eigenvalue weighted by molar-refractivity contribution is -0.00191. The van der Waals surface area contributed by atoms with E-state index in [2.05, 4.69) is 0 Å². The van der Waals surface area contributed by atoms with E-state index in [1.807, 2.05) is 12.4 Å². The molecule has 6 nitrogen and oxygen atoms in total. The van der Waals surface area contributed by atoms with Gasteiger partial charge in [0.2, 0.25) is 0 Å². The van der Waals surface area contributed by atoms with Crippen molar-refractivity contribution < 1.29 is 23.6 Å². The number of aryl methyl sites for hydroxylation is 1. The molecule has 1 N–H and O–H groups in total. The van der Waals surface area contributed by atoms with Gasteiger partial charge in [0.1, 0.15) is 17.1 Å². The minimum absolute atomic E-state index is 0.212. The first-order valence-corrected chi connectivity index (χ1v) is 7.20. The van der Waals surface area contributed by atoms with Gasteiger partial charge in [0.15, 0.2) is 0 Å². The minimum Gasteiger partial charge on any atom is -0.442 e. The Balaban J connectivity index is 2.16. The average molecular weight is 322 g/mol. The van der Waals surface area contributed by atoms with E-state index in [4.69, 9.17) is 9.57 Å². The van der Waals surface area contributed by atoms with Crippen molar-refractivity contribution in [1.82, 2.24) is 10.0 Å². The molecule has 0 unspecified atom stereocenters. The number of ether oxygens (including phenoxy) is 1. The summed E-state index contributed by atoms with van der Waals surface area (Å²) in [7, 11) is 0. The van der Waals surface area contributed by atoms with Crippen molar-refractivity contribution in [1.29, 1.82) is 0 Å². The van der Waals surface area contributed by atoms with Crippen LogP contribution in [0.1, 0.15) is 38.2 Å². The third kappa shape index (κ3) is 4.00. The lowest BCUT2D eigenvalue weighted by Crippen LogP contribution is -2.34. The quantitative estimate of drug-likeness (QED) is 0.860. The first-order chi connectivity index (χ1) is 10.7. The first kappa shape index (κ1) is 16.8. The van der Waals surface area contributed by atoms with Crippen molar-refractivity contribution in [2.45, 2.75) is 39.8 Å². The third-order valence-corrected chi connectivity index (χ3v) is 3.01. The zero-order chi connectivity index (χ0) is 17.2. The Bertz CT molecular complexity index is 746. The number of halogens is 1. The lowest BCUT2D eigenvalue weighted by Gasteiger charge is -2.19. The summed E-state index contributed by atoms with van der Waals surface area (Å²) in [5, 5.41) is 0.580. The molecule has 0 saturated carbocycles. The van der Waals surface area contributed by atoms with Crippen LogP contribution in [0.4, 0.5) is 9.18 Å². The Kier molecular flexibility index (Phi) is 4.58. The molecule has 0 aliphatic carbocycles. The summed E-state index contributed by atoms with van der Waals surface area (Å²) in [5.74, 6) is -1.15. The van der Waals surface area contributed by atoms with Gasteiger partial charge >= 0.3 is 12.1 Å². The van der Waals surface area contributed by atoms with E-state index < -0.39 is 23.5 Å². The van der Waals surface area contributed by atoms with Crippen molar-refractivity contribution in [3.05, 3.63) is 35.8 Å².